The molecule has 86 valence electrons. The molecule has 0 spiro atoms. The average molecular weight is 283 g/mol. The van der Waals surface area contributed by atoms with Crippen LogP contribution in [0, 0.1) is 17.2 Å². The van der Waals surface area contributed by atoms with Crippen LogP contribution in [0.5, 0.6) is 0 Å². The van der Waals surface area contributed by atoms with Crippen LogP contribution in [-0.4, -0.2) is 17.8 Å². The SMILES string of the molecule is CC(C)C(O)CNc1ccc(C#N)c(Br)c1. The number of aliphatic hydroxyl groups is 1. The van der Waals surface area contributed by atoms with Gasteiger partial charge in [-0.15, -0.1) is 0 Å². The molecule has 0 fully saturated rings. The summed E-state index contributed by atoms with van der Waals surface area (Å²) in [4.78, 5) is 0. The maximum absolute atomic E-state index is 9.63. The van der Waals surface area contributed by atoms with Gasteiger partial charge in [-0.25, -0.2) is 0 Å². The van der Waals surface area contributed by atoms with Crippen LogP contribution in [0.2, 0.25) is 0 Å². The highest BCUT2D eigenvalue weighted by Crippen LogP contribution is 2.20. The standard InChI is InChI=1S/C12H15BrN2O/c1-8(2)12(16)7-15-10-4-3-9(6-14)11(13)5-10/h3-5,8,12,15-16H,7H2,1-2H3. The van der Waals surface area contributed by atoms with Crippen molar-refractivity contribution in [1.29, 1.82) is 5.26 Å². The van der Waals surface area contributed by atoms with Gasteiger partial charge >= 0.3 is 0 Å². The number of nitrogens with one attached hydrogen (secondary N) is 1. The second-order valence-electron chi connectivity index (χ2n) is 4.00. The van der Waals surface area contributed by atoms with Crippen molar-refractivity contribution in [2.24, 2.45) is 5.92 Å². The van der Waals surface area contributed by atoms with Crippen LogP contribution in [0.15, 0.2) is 22.7 Å². The van der Waals surface area contributed by atoms with E-state index in [4.69, 9.17) is 5.26 Å². The van der Waals surface area contributed by atoms with Crippen molar-refractivity contribution in [3.05, 3.63) is 28.2 Å². The monoisotopic (exact) mass is 282 g/mol. The molecule has 2 N–H and O–H groups in total. The third-order valence-electron chi connectivity index (χ3n) is 2.37. The quantitative estimate of drug-likeness (QED) is 0.893. The van der Waals surface area contributed by atoms with E-state index in [0.717, 1.165) is 10.2 Å². The maximum atomic E-state index is 9.63. The van der Waals surface area contributed by atoms with Gasteiger partial charge in [0.1, 0.15) is 6.07 Å². The molecule has 0 saturated carbocycles. The van der Waals surface area contributed by atoms with Gasteiger partial charge in [-0.05, 0) is 40.0 Å². The summed E-state index contributed by atoms with van der Waals surface area (Å²) in [6, 6.07) is 7.49. The lowest BCUT2D eigenvalue weighted by atomic mass is 10.1. The Hall–Kier alpha value is -1.05. The van der Waals surface area contributed by atoms with E-state index in [1.54, 1.807) is 6.07 Å². The van der Waals surface area contributed by atoms with E-state index in [2.05, 4.69) is 27.3 Å². The van der Waals surface area contributed by atoms with Crippen LogP contribution >= 0.6 is 15.9 Å². The molecule has 4 heteroatoms. The number of benzene rings is 1. The molecule has 0 aliphatic rings. The highest BCUT2D eigenvalue weighted by atomic mass is 79.9. The largest absolute Gasteiger partial charge is 0.391 e. The molecule has 0 aromatic heterocycles. The van der Waals surface area contributed by atoms with Crippen LogP contribution in [0.4, 0.5) is 5.69 Å². The number of nitriles is 1. The average Bonchev–Trinajstić information content (AvgIpc) is 2.25. The molecular weight excluding hydrogens is 268 g/mol. The van der Waals surface area contributed by atoms with Crippen LogP contribution in [0.3, 0.4) is 0 Å². The van der Waals surface area contributed by atoms with Gasteiger partial charge in [0.25, 0.3) is 0 Å². The van der Waals surface area contributed by atoms with Crippen LogP contribution < -0.4 is 5.32 Å². The number of nitrogens with zero attached hydrogens (tertiary/aromatic N) is 1. The maximum Gasteiger partial charge on any atom is 0.100 e. The van der Waals surface area contributed by atoms with Crippen LogP contribution in [0.25, 0.3) is 0 Å². The molecule has 0 bridgehead atoms. The summed E-state index contributed by atoms with van der Waals surface area (Å²) >= 11 is 3.32. The summed E-state index contributed by atoms with van der Waals surface area (Å²) in [6.07, 6.45) is -0.366. The first-order valence-electron chi connectivity index (χ1n) is 5.16. The Kier molecular flexibility index (Phi) is 4.78. The Morgan fingerprint density at radius 1 is 1.50 bits per heavy atom. The second kappa shape index (κ2) is 5.88. The summed E-state index contributed by atoms with van der Waals surface area (Å²) in [6.45, 7) is 4.46. The Balaban J connectivity index is 2.63. The van der Waals surface area contributed by atoms with E-state index in [-0.39, 0.29) is 12.0 Å². The van der Waals surface area contributed by atoms with Gasteiger partial charge < -0.3 is 10.4 Å². The van der Waals surface area contributed by atoms with Crippen molar-refractivity contribution in [1.82, 2.24) is 0 Å². The van der Waals surface area contributed by atoms with E-state index in [1.807, 2.05) is 26.0 Å². The minimum atomic E-state index is -0.366. The zero-order valence-corrected chi connectivity index (χ0v) is 11.0. The number of aliphatic hydroxyl groups excluding tert-OH is 1. The molecule has 16 heavy (non-hydrogen) atoms. The van der Waals surface area contributed by atoms with Crippen molar-refractivity contribution in [3.8, 4) is 6.07 Å². The van der Waals surface area contributed by atoms with Gasteiger partial charge in [0.05, 0.1) is 11.7 Å². The molecule has 0 radical (unpaired) electrons. The van der Waals surface area contributed by atoms with Crippen LogP contribution in [-0.2, 0) is 0 Å². The van der Waals surface area contributed by atoms with Crippen molar-refractivity contribution in [2.45, 2.75) is 20.0 Å². The van der Waals surface area contributed by atoms with Gasteiger partial charge in [-0.3, -0.25) is 0 Å². The topological polar surface area (TPSA) is 56.0 Å². The normalized spacial score (nSPS) is 12.2. The lowest BCUT2D eigenvalue weighted by Gasteiger charge is -2.16. The Morgan fingerprint density at radius 2 is 2.19 bits per heavy atom. The molecule has 1 atom stereocenters. The third-order valence-corrected chi connectivity index (χ3v) is 3.03. The Morgan fingerprint density at radius 3 is 2.69 bits per heavy atom. The molecule has 1 aromatic rings. The van der Waals surface area contributed by atoms with Gasteiger partial charge in [0.15, 0.2) is 0 Å². The summed E-state index contributed by atoms with van der Waals surface area (Å²) < 4.78 is 0.763. The minimum absolute atomic E-state index is 0.231. The van der Waals surface area contributed by atoms with Gasteiger partial charge in [-0.2, -0.15) is 5.26 Å². The van der Waals surface area contributed by atoms with E-state index in [9.17, 15) is 5.11 Å². The highest BCUT2D eigenvalue weighted by molar-refractivity contribution is 9.10. The van der Waals surface area contributed by atoms with Crippen molar-refractivity contribution in [2.75, 3.05) is 11.9 Å². The first-order valence-corrected chi connectivity index (χ1v) is 5.95. The number of hydrogen-bond donors (Lipinski definition) is 2. The van der Waals surface area contributed by atoms with Gasteiger partial charge in [0.2, 0.25) is 0 Å². The summed E-state index contributed by atoms with van der Waals surface area (Å²) in [5.74, 6) is 0.231. The summed E-state index contributed by atoms with van der Waals surface area (Å²) in [5.41, 5.74) is 1.50. The van der Waals surface area contributed by atoms with E-state index < -0.39 is 0 Å². The first-order chi connectivity index (χ1) is 7.54. The van der Waals surface area contributed by atoms with Crippen molar-refractivity contribution >= 4 is 21.6 Å². The van der Waals surface area contributed by atoms with E-state index in [1.165, 1.54) is 0 Å². The number of halogens is 1. The smallest absolute Gasteiger partial charge is 0.100 e. The zero-order valence-electron chi connectivity index (χ0n) is 9.37. The van der Waals surface area contributed by atoms with Crippen molar-refractivity contribution < 1.29 is 5.11 Å². The molecule has 0 amide bonds. The third kappa shape index (κ3) is 3.51. The lowest BCUT2D eigenvalue weighted by Crippen LogP contribution is -2.24. The molecule has 0 saturated heterocycles. The molecular formula is C12H15BrN2O. The molecule has 3 nitrogen and oxygen atoms in total. The van der Waals surface area contributed by atoms with E-state index in [0.29, 0.717) is 12.1 Å². The molecule has 1 aromatic carbocycles. The predicted octanol–water partition coefficient (Wildman–Crippen LogP) is 2.75. The second-order valence-corrected chi connectivity index (χ2v) is 4.85. The highest BCUT2D eigenvalue weighted by Gasteiger charge is 2.08. The van der Waals surface area contributed by atoms with E-state index >= 15 is 0 Å². The summed E-state index contributed by atoms with van der Waals surface area (Å²) in [7, 11) is 0. The Labute approximate surface area is 104 Å². The van der Waals surface area contributed by atoms with Crippen LogP contribution in [0.1, 0.15) is 19.4 Å². The first kappa shape index (κ1) is 13.0. The fraction of sp³-hybridized carbons (Fsp3) is 0.417. The predicted molar refractivity (Wildman–Crippen MR) is 68.2 cm³/mol. The molecule has 1 unspecified atom stereocenters. The lowest BCUT2D eigenvalue weighted by molar-refractivity contribution is 0.138. The van der Waals surface area contributed by atoms with Gasteiger partial charge in [0, 0.05) is 16.7 Å². The molecule has 0 aliphatic carbocycles. The summed E-state index contributed by atoms with van der Waals surface area (Å²) in [5, 5.41) is 21.5. The molecule has 0 heterocycles. The fourth-order valence-electron chi connectivity index (χ4n) is 1.17. The molecule has 0 aliphatic heterocycles. The number of hydrogen-bond acceptors (Lipinski definition) is 3. The number of anilines is 1. The van der Waals surface area contributed by atoms with Crippen molar-refractivity contribution in [3.63, 3.8) is 0 Å². The number of rotatable bonds is 4. The van der Waals surface area contributed by atoms with Gasteiger partial charge in [-0.1, -0.05) is 13.8 Å². The fourth-order valence-corrected chi connectivity index (χ4v) is 1.64. The minimum Gasteiger partial charge on any atom is -0.391 e. The Bertz CT molecular complexity index is 398. The molecule has 1 rings (SSSR count). The zero-order chi connectivity index (χ0) is 12.1.